The molecular formula is C19H13BrFN2O+. The molecule has 2 aromatic heterocycles. The van der Waals surface area contributed by atoms with Crippen molar-refractivity contribution in [2.75, 3.05) is 0 Å². The maximum atomic E-state index is 13.4. The van der Waals surface area contributed by atoms with Crippen LogP contribution in [0.15, 0.2) is 75.9 Å². The van der Waals surface area contributed by atoms with E-state index in [4.69, 9.17) is 4.42 Å². The number of fused-ring (bicyclic) bond motifs is 1. The first-order chi connectivity index (χ1) is 11.7. The summed E-state index contributed by atoms with van der Waals surface area (Å²) in [6, 6.07) is 16.2. The summed E-state index contributed by atoms with van der Waals surface area (Å²) in [5.74, 6) is 0.327. The Labute approximate surface area is 146 Å². The molecule has 0 radical (unpaired) electrons. The van der Waals surface area contributed by atoms with Crippen molar-refractivity contribution < 1.29 is 13.4 Å². The molecule has 0 N–H and O–H groups in total. The van der Waals surface area contributed by atoms with Gasteiger partial charge in [-0.15, -0.1) is 0 Å². The third-order valence-electron chi connectivity index (χ3n) is 3.68. The first-order valence-electron chi connectivity index (χ1n) is 7.47. The monoisotopic (exact) mass is 383 g/mol. The fourth-order valence-corrected chi connectivity index (χ4v) is 3.16. The van der Waals surface area contributed by atoms with Gasteiger partial charge in [-0.05, 0) is 46.3 Å². The maximum absolute atomic E-state index is 13.4. The Kier molecular flexibility index (Phi) is 3.86. The molecule has 3 nitrogen and oxygen atoms in total. The predicted molar refractivity (Wildman–Crippen MR) is 92.8 cm³/mol. The molecule has 0 aliphatic rings. The summed E-state index contributed by atoms with van der Waals surface area (Å²) in [6.07, 6.45) is 3.89. The van der Waals surface area contributed by atoms with Crippen molar-refractivity contribution in [2.24, 2.45) is 0 Å². The van der Waals surface area contributed by atoms with E-state index in [-0.39, 0.29) is 5.82 Å². The number of pyridine rings is 1. The zero-order valence-corrected chi connectivity index (χ0v) is 14.2. The lowest BCUT2D eigenvalue weighted by Gasteiger charge is -2.01. The number of para-hydroxylation sites is 2. The molecule has 0 atom stereocenters. The molecular weight excluding hydrogens is 371 g/mol. The van der Waals surface area contributed by atoms with Crippen LogP contribution < -0.4 is 4.57 Å². The molecule has 2 aromatic carbocycles. The molecule has 0 aliphatic heterocycles. The minimum absolute atomic E-state index is 0.234. The summed E-state index contributed by atoms with van der Waals surface area (Å²) >= 11 is 3.52. The van der Waals surface area contributed by atoms with Crippen molar-refractivity contribution in [3.63, 3.8) is 0 Å². The summed E-state index contributed by atoms with van der Waals surface area (Å²) in [7, 11) is 0. The first-order valence-corrected chi connectivity index (χ1v) is 8.27. The van der Waals surface area contributed by atoms with Crippen LogP contribution in [-0.4, -0.2) is 4.98 Å². The quantitative estimate of drug-likeness (QED) is 0.478. The number of aromatic nitrogens is 2. The van der Waals surface area contributed by atoms with Gasteiger partial charge in [0, 0.05) is 5.56 Å². The minimum atomic E-state index is -0.234. The van der Waals surface area contributed by atoms with Crippen molar-refractivity contribution in [3.05, 3.63) is 82.8 Å². The normalized spacial score (nSPS) is 11.1. The second-order valence-electron chi connectivity index (χ2n) is 5.53. The van der Waals surface area contributed by atoms with E-state index in [0.717, 1.165) is 26.7 Å². The lowest BCUT2D eigenvalue weighted by Crippen LogP contribution is -2.33. The highest BCUT2D eigenvalue weighted by molar-refractivity contribution is 9.10. The Morgan fingerprint density at radius 3 is 2.75 bits per heavy atom. The third-order valence-corrected chi connectivity index (χ3v) is 4.12. The molecule has 0 unspecified atom stereocenters. The van der Waals surface area contributed by atoms with E-state index in [9.17, 15) is 4.39 Å². The van der Waals surface area contributed by atoms with Crippen LogP contribution in [0.2, 0.25) is 0 Å². The van der Waals surface area contributed by atoms with Crippen LogP contribution in [0.25, 0.3) is 22.6 Å². The first kappa shape index (κ1) is 15.0. The van der Waals surface area contributed by atoms with Crippen molar-refractivity contribution in [1.82, 2.24) is 4.98 Å². The van der Waals surface area contributed by atoms with Crippen LogP contribution in [-0.2, 0) is 6.54 Å². The summed E-state index contributed by atoms with van der Waals surface area (Å²) in [5, 5.41) is 0. The van der Waals surface area contributed by atoms with Crippen LogP contribution in [0.4, 0.5) is 4.39 Å². The van der Waals surface area contributed by atoms with Crippen LogP contribution in [0.3, 0.4) is 0 Å². The Hall–Kier alpha value is -2.53. The molecule has 5 heteroatoms. The van der Waals surface area contributed by atoms with E-state index in [2.05, 4.69) is 20.9 Å². The highest BCUT2D eigenvalue weighted by Crippen LogP contribution is 2.25. The second kappa shape index (κ2) is 6.17. The SMILES string of the molecule is Fc1cccc(C[n+]2cc(Br)cc(-c3nc4ccccc4o3)c2)c1. The molecule has 0 bridgehead atoms. The van der Waals surface area contributed by atoms with E-state index in [1.807, 2.05) is 53.4 Å². The molecule has 0 amide bonds. The third kappa shape index (κ3) is 3.08. The van der Waals surface area contributed by atoms with Crippen LogP contribution >= 0.6 is 15.9 Å². The molecule has 0 fully saturated rings. The maximum Gasteiger partial charge on any atom is 0.233 e. The van der Waals surface area contributed by atoms with E-state index in [1.54, 1.807) is 6.07 Å². The average molecular weight is 384 g/mol. The van der Waals surface area contributed by atoms with Crippen molar-refractivity contribution in [2.45, 2.75) is 6.54 Å². The number of halogens is 2. The number of benzene rings is 2. The van der Waals surface area contributed by atoms with Gasteiger partial charge in [-0.1, -0.05) is 24.3 Å². The molecule has 24 heavy (non-hydrogen) atoms. The van der Waals surface area contributed by atoms with Gasteiger partial charge in [-0.2, -0.15) is 4.57 Å². The topological polar surface area (TPSA) is 29.9 Å². The van der Waals surface area contributed by atoms with Gasteiger partial charge in [0.25, 0.3) is 0 Å². The summed E-state index contributed by atoms with van der Waals surface area (Å²) in [5.41, 5.74) is 3.33. The second-order valence-corrected chi connectivity index (χ2v) is 6.45. The van der Waals surface area contributed by atoms with Gasteiger partial charge < -0.3 is 4.42 Å². The van der Waals surface area contributed by atoms with E-state index in [1.165, 1.54) is 12.1 Å². The minimum Gasteiger partial charge on any atom is -0.436 e. The smallest absolute Gasteiger partial charge is 0.233 e. The standard InChI is InChI=1S/C19H13BrFN2O/c20-15-9-14(19-22-17-6-1-2-7-18(17)24-19)11-23(12-15)10-13-4-3-5-16(21)8-13/h1-9,11-12H,10H2/q+1. The van der Waals surface area contributed by atoms with Gasteiger partial charge in [0.1, 0.15) is 16.9 Å². The Bertz CT molecular complexity index is 996. The molecule has 0 aliphatic carbocycles. The molecule has 0 saturated heterocycles. The van der Waals surface area contributed by atoms with E-state index in [0.29, 0.717) is 12.4 Å². The lowest BCUT2D eigenvalue weighted by molar-refractivity contribution is -0.688. The highest BCUT2D eigenvalue weighted by Gasteiger charge is 2.14. The number of hydrogen-bond acceptors (Lipinski definition) is 2. The van der Waals surface area contributed by atoms with E-state index < -0.39 is 0 Å². The summed E-state index contributed by atoms with van der Waals surface area (Å²) in [4.78, 5) is 4.53. The lowest BCUT2D eigenvalue weighted by atomic mass is 10.2. The molecule has 118 valence electrons. The predicted octanol–water partition coefficient (Wildman–Crippen LogP) is 4.73. The number of nitrogens with zero attached hydrogens (tertiary/aromatic N) is 2. The number of hydrogen-bond donors (Lipinski definition) is 0. The molecule has 4 aromatic rings. The van der Waals surface area contributed by atoms with Gasteiger partial charge in [-0.3, -0.25) is 0 Å². The van der Waals surface area contributed by atoms with Crippen LogP contribution in [0.5, 0.6) is 0 Å². The van der Waals surface area contributed by atoms with E-state index >= 15 is 0 Å². The number of oxazole rings is 1. The van der Waals surface area contributed by atoms with Crippen molar-refractivity contribution >= 4 is 27.0 Å². The van der Waals surface area contributed by atoms with Gasteiger partial charge >= 0.3 is 0 Å². The summed E-state index contributed by atoms with van der Waals surface area (Å²) in [6.45, 7) is 0.560. The fraction of sp³-hybridized carbons (Fsp3) is 0.0526. The molecule has 0 saturated carbocycles. The van der Waals surface area contributed by atoms with Crippen LogP contribution in [0, 0.1) is 5.82 Å². The Balaban J connectivity index is 1.73. The zero-order valence-electron chi connectivity index (χ0n) is 12.6. The van der Waals surface area contributed by atoms with Gasteiger partial charge in [0.15, 0.2) is 24.5 Å². The highest BCUT2D eigenvalue weighted by atomic mass is 79.9. The number of rotatable bonds is 3. The van der Waals surface area contributed by atoms with Crippen LogP contribution in [0.1, 0.15) is 5.56 Å². The van der Waals surface area contributed by atoms with Crippen molar-refractivity contribution in [1.29, 1.82) is 0 Å². The fourth-order valence-electron chi connectivity index (χ4n) is 2.65. The Morgan fingerprint density at radius 2 is 1.92 bits per heavy atom. The largest absolute Gasteiger partial charge is 0.436 e. The molecule has 4 rings (SSSR count). The summed E-state index contributed by atoms with van der Waals surface area (Å²) < 4.78 is 22.1. The average Bonchev–Trinajstić information content (AvgIpc) is 2.98. The molecule has 0 spiro atoms. The van der Waals surface area contributed by atoms with Gasteiger partial charge in [0.2, 0.25) is 5.89 Å². The zero-order chi connectivity index (χ0) is 16.5. The van der Waals surface area contributed by atoms with Gasteiger partial charge in [-0.25, -0.2) is 9.37 Å². The Morgan fingerprint density at radius 1 is 1.04 bits per heavy atom. The van der Waals surface area contributed by atoms with Gasteiger partial charge in [0.05, 0.1) is 4.47 Å². The molecule has 2 heterocycles. The van der Waals surface area contributed by atoms with Crippen molar-refractivity contribution in [3.8, 4) is 11.5 Å².